The molecule has 134 valence electrons. The van der Waals surface area contributed by atoms with Crippen LogP contribution in [0.25, 0.3) is 11.0 Å². The third-order valence-electron chi connectivity index (χ3n) is 5.05. The van der Waals surface area contributed by atoms with Crippen LogP contribution in [0.15, 0.2) is 42.5 Å². The Balaban J connectivity index is 1.51. The lowest BCUT2D eigenvalue weighted by Crippen LogP contribution is -2.22. The van der Waals surface area contributed by atoms with Crippen LogP contribution in [0.2, 0.25) is 0 Å². The maximum absolute atomic E-state index is 12.5. The number of imidazole rings is 1. The molecule has 0 radical (unpaired) electrons. The van der Waals surface area contributed by atoms with Gasteiger partial charge in [0.15, 0.2) is 0 Å². The predicted octanol–water partition coefficient (Wildman–Crippen LogP) is 3.56. The molecule has 2 heterocycles. The fourth-order valence-corrected chi connectivity index (χ4v) is 3.56. The normalized spacial score (nSPS) is 16.3. The molecule has 1 aromatic heterocycles. The third-order valence-corrected chi connectivity index (χ3v) is 5.05. The van der Waals surface area contributed by atoms with Crippen LogP contribution < -0.4 is 10.1 Å². The van der Waals surface area contributed by atoms with Gasteiger partial charge in [0.25, 0.3) is 5.91 Å². The highest BCUT2D eigenvalue weighted by molar-refractivity contribution is 5.97. The quantitative estimate of drug-likeness (QED) is 0.783. The van der Waals surface area contributed by atoms with E-state index in [0.717, 1.165) is 41.1 Å². The predicted molar refractivity (Wildman–Crippen MR) is 101 cm³/mol. The molecule has 1 amide bonds. The first-order valence-electron chi connectivity index (χ1n) is 9.04. The molecule has 0 saturated carbocycles. The van der Waals surface area contributed by atoms with E-state index in [1.165, 1.54) is 6.42 Å². The first kappa shape index (κ1) is 16.6. The van der Waals surface area contributed by atoms with Gasteiger partial charge in [0.05, 0.1) is 18.1 Å². The summed E-state index contributed by atoms with van der Waals surface area (Å²) in [7, 11) is 1.64. The summed E-state index contributed by atoms with van der Waals surface area (Å²) >= 11 is 0. The van der Waals surface area contributed by atoms with Crippen molar-refractivity contribution < 1.29 is 9.53 Å². The molecule has 0 bridgehead atoms. The smallest absolute Gasteiger partial charge is 0.251 e. The molecule has 5 nitrogen and oxygen atoms in total. The van der Waals surface area contributed by atoms with Crippen LogP contribution in [-0.4, -0.2) is 22.6 Å². The Labute approximate surface area is 153 Å². The van der Waals surface area contributed by atoms with E-state index in [-0.39, 0.29) is 5.91 Å². The van der Waals surface area contributed by atoms with Gasteiger partial charge < -0.3 is 14.6 Å². The van der Waals surface area contributed by atoms with Crippen molar-refractivity contribution in [3.05, 3.63) is 59.4 Å². The average Bonchev–Trinajstić information content (AvgIpc) is 3.02. The molecule has 4 rings (SSSR count). The molecule has 3 aromatic rings. The Kier molecular flexibility index (Phi) is 4.37. The van der Waals surface area contributed by atoms with Gasteiger partial charge in [-0.05, 0) is 48.2 Å². The van der Waals surface area contributed by atoms with Gasteiger partial charge in [0.1, 0.15) is 11.6 Å². The number of hydrogen-bond donors (Lipinski definition) is 1. The van der Waals surface area contributed by atoms with Crippen LogP contribution in [0.3, 0.4) is 0 Å². The highest BCUT2D eigenvalue weighted by Crippen LogP contribution is 2.25. The van der Waals surface area contributed by atoms with E-state index in [1.54, 1.807) is 7.11 Å². The van der Waals surface area contributed by atoms with Crippen molar-refractivity contribution in [3.8, 4) is 5.75 Å². The van der Waals surface area contributed by atoms with Gasteiger partial charge in [-0.3, -0.25) is 4.79 Å². The van der Waals surface area contributed by atoms with Crippen LogP contribution in [0, 0.1) is 5.92 Å². The van der Waals surface area contributed by atoms with E-state index in [1.807, 2.05) is 42.5 Å². The van der Waals surface area contributed by atoms with Crippen molar-refractivity contribution in [2.75, 3.05) is 7.11 Å². The van der Waals surface area contributed by atoms with Gasteiger partial charge in [0.2, 0.25) is 0 Å². The Morgan fingerprint density at radius 2 is 2.19 bits per heavy atom. The largest absolute Gasteiger partial charge is 0.497 e. The number of carbonyl (C=O) groups excluding carboxylic acids is 1. The molecule has 1 atom stereocenters. The first-order chi connectivity index (χ1) is 12.6. The van der Waals surface area contributed by atoms with Gasteiger partial charge in [-0.1, -0.05) is 19.1 Å². The summed E-state index contributed by atoms with van der Waals surface area (Å²) in [5.74, 6) is 2.50. The molecule has 1 aliphatic rings. The summed E-state index contributed by atoms with van der Waals surface area (Å²) in [4.78, 5) is 17.3. The van der Waals surface area contributed by atoms with Crippen molar-refractivity contribution >= 4 is 16.9 Å². The summed E-state index contributed by atoms with van der Waals surface area (Å²) in [6.45, 7) is 3.74. The van der Waals surface area contributed by atoms with E-state index < -0.39 is 0 Å². The highest BCUT2D eigenvalue weighted by Gasteiger charge is 2.19. The van der Waals surface area contributed by atoms with Crippen LogP contribution >= 0.6 is 0 Å². The molecule has 0 saturated heterocycles. The summed E-state index contributed by atoms with van der Waals surface area (Å²) in [5.41, 5.74) is 3.67. The first-order valence-corrected chi connectivity index (χ1v) is 9.04. The number of aromatic nitrogens is 2. The van der Waals surface area contributed by atoms with Crippen molar-refractivity contribution in [1.82, 2.24) is 14.9 Å². The van der Waals surface area contributed by atoms with E-state index in [0.29, 0.717) is 18.0 Å². The molecule has 0 aliphatic carbocycles. The molecule has 5 heteroatoms. The number of methoxy groups -OCH3 is 1. The number of hydrogen-bond acceptors (Lipinski definition) is 3. The molecular weight excluding hydrogens is 326 g/mol. The van der Waals surface area contributed by atoms with Crippen molar-refractivity contribution in [3.63, 3.8) is 0 Å². The van der Waals surface area contributed by atoms with Crippen LogP contribution in [-0.2, 0) is 19.5 Å². The van der Waals surface area contributed by atoms with E-state index in [2.05, 4.69) is 16.8 Å². The fraction of sp³-hybridized carbons (Fsp3) is 0.333. The number of amides is 1. The second-order valence-corrected chi connectivity index (χ2v) is 7.02. The molecule has 0 fully saturated rings. The zero-order chi connectivity index (χ0) is 18.1. The van der Waals surface area contributed by atoms with E-state index in [4.69, 9.17) is 9.72 Å². The molecule has 0 spiro atoms. The Hall–Kier alpha value is -2.82. The van der Waals surface area contributed by atoms with Crippen molar-refractivity contribution in [2.45, 2.75) is 32.9 Å². The molecule has 1 N–H and O–H groups in total. The molecular formula is C21H23N3O2. The summed E-state index contributed by atoms with van der Waals surface area (Å²) < 4.78 is 7.50. The number of nitrogens with one attached hydrogen (secondary N) is 1. The Bertz CT molecular complexity index is 961. The number of ether oxygens (including phenoxy) is 1. The minimum Gasteiger partial charge on any atom is -0.497 e. The maximum atomic E-state index is 12.5. The second kappa shape index (κ2) is 6.83. The highest BCUT2D eigenvalue weighted by atomic mass is 16.5. The van der Waals surface area contributed by atoms with Gasteiger partial charge in [-0.15, -0.1) is 0 Å². The summed E-state index contributed by atoms with van der Waals surface area (Å²) in [6.07, 6.45) is 2.19. The number of benzene rings is 2. The topological polar surface area (TPSA) is 56.1 Å². The minimum atomic E-state index is -0.0888. The fourth-order valence-electron chi connectivity index (χ4n) is 3.56. The van der Waals surface area contributed by atoms with Crippen LogP contribution in [0.1, 0.15) is 35.1 Å². The molecule has 1 aliphatic heterocycles. The van der Waals surface area contributed by atoms with Crippen molar-refractivity contribution in [2.24, 2.45) is 5.92 Å². The van der Waals surface area contributed by atoms with Crippen LogP contribution in [0.4, 0.5) is 0 Å². The molecule has 26 heavy (non-hydrogen) atoms. The lowest BCUT2D eigenvalue weighted by molar-refractivity contribution is 0.0951. The average molecular weight is 349 g/mol. The zero-order valence-electron chi connectivity index (χ0n) is 15.2. The van der Waals surface area contributed by atoms with Crippen molar-refractivity contribution in [1.29, 1.82) is 0 Å². The zero-order valence-corrected chi connectivity index (χ0v) is 15.2. The van der Waals surface area contributed by atoms with E-state index >= 15 is 0 Å². The minimum absolute atomic E-state index is 0.0888. The summed E-state index contributed by atoms with van der Waals surface area (Å²) in [6, 6.07) is 13.5. The molecule has 2 aromatic carbocycles. The van der Waals surface area contributed by atoms with Gasteiger partial charge in [-0.2, -0.15) is 0 Å². The SMILES string of the molecule is COc1cccc(CNC(=O)c2ccc3c(c2)nc2n3CC[C@H](C)C2)c1. The summed E-state index contributed by atoms with van der Waals surface area (Å²) in [5, 5.41) is 2.97. The van der Waals surface area contributed by atoms with Gasteiger partial charge in [-0.25, -0.2) is 4.98 Å². The second-order valence-electron chi connectivity index (χ2n) is 7.02. The lowest BCUT2D eigenvalue weighted by Gasteiger charge is -2.19. The Morgan fingerprint density at radius 3 is 3.04 bits per heavy atom. The number of aryl methyl sites for hydroxylation is 1. The number of carbonyl (C=O) groups is 1. The van der Waals surface area contributed by atoms with Gasteiger partial charge >= 0.3 is 0 Å². The lowest BCUT2D eigenvalue weighted by atomic mass is 10.0. The Morgan fingerprint density at radius 1 is 1.31 bits per heavy atom. The third kappa shape index (κ3) is 3.17. The maximum Gasteiger partial charge on any atom is 0.251 e. The van der Waals surface area contributed by atoms with E-state index in [9.17, 15) is 4.79 Å². The van der Waals surface area contributed by atoms with Gasteiger partial charge in [0, 0.05) is 25.1 Å². The number of rotatable bonds is 4. The molecule has 0 unspecified atom stereocenters. The monoisotopic (exact) mass is 349 g/mol. The standard InChI is InChI=1S/C21H23N3O2/c1-14-8-9-24-19-7-6-16(12-18(19)23-20(24)10-14)21(25)22-13-15-4-3-5-17(11-15)26-2/h3-7,11-12,14H,8-10,13H2,1-2H3,(H,22,25)/t14-/m0/s1. The number of nitrogens with zero attached hydrogens (tertiary/aromatic N) is 2. The van der Waals surface area contributed by atoms with Crippen LogP contribution in [0.5, 0.6) is 5.75 Å². The number of fused-ring (bicyclic) bond motifs is 3.